The Hall–Kier alpha value is -1.06. The van der Waals surface area contributed by atoms with Crippen LogP contribution >= 0.6 is 0 Å². The first kappa shape index (κ1) is 15.3. The fourth-order valence-electron chi connectivity index (χ4n) is 2.70. The van der Waals surface area contributed by atoms with Gasteiger partial charge in [0.2, 0.25) is 0 Å². The van der Waals surface area contributed by atoms with E-state index in [1.54, 1.807) is 0 Å². The van der Waals surface area contributed by atoms with Crippen LogP contribution in [0.25, 0.3) is 0 Å². The Bertz CT molecular complexity index is 402. The molecule has 0 radical (unpaired) electrons. The van der Waals surface area contributed by atoms with E-state index in [0.717, 1.165) is 12.3 Å². The van der Waals surface area contributed by atoms with Gasteiger partial charge in [0.15, 0.2) is 0 Å². The molecule has 20 heavy (non-hydrogen) atoms. The summed E-state index contributed by atoms with van der Waals surface area (Å²) in [6, 6.07) is 9.77. The fourth-order valence-corrected chi connectivity index (χ4v) is 2.70. The summed E-state index contributed by atoms with van der Waals surface area (Å²) >= 11 is 0. The maximum absolute atomic E-state index is 5.66. The molecule has 2 atom stereocenters. The number of piperidine rings is 1. The molecule has 1 aliphatic heterocycles. The molecule has 1 aromatic carbocycles. The fraction of sp³-hybridized carbons (Fsp3) is 0.647. The number of rotatable bonds is 5. The minimum atomic E-state index is 0.236. The van der Waals surface area contributed by atoms with Crippen molar-refractivity contribution in [2.75, 3.05) is 13.6 Å². The number of ether oxygens (including phenoxy) is 1. The first-order valence-electron chi connectivity index (χ1n) is 7.74. The zero-order valence-electron chi connectivity index (χ0n) is 13.2. The lowest BCUT2D eigenvalue weighted by atomic mass is 9.99. The van der Waals surface area contributed by atoms with E-state index in [1.165, 1.54) is 24.9 Å². The molecule has 1 aromatic rings. The quantitative estimate of drug-likeness (QED) is 0.894. The number of hydrogen-bond acceptors (Lipinski definition) is 3. The summed E-state index contributed by atoms with van der Waals surface area (Å²) in [6.45, 7) is 8.56. The van der Waals surface area contributed by atoms with Crippen LogP contribution in [0.2, 0.25) is 0 Å². The molecule has 3 heteroatoms. The summed E-state index contributed by atoms with van der Waals surface area (Å²) in [6.07, 6.45) is 2.72. The van der Waals surface area contributed by atoms with Crippen LogP contribution in [0.4, 0.5) is 0 Å². The monoisotopic (exact) mass is 276 g/mol. The van der Waals surface area contributed by atoms with Gasteiger partial charge in [-0.05, 0) is 64.9 Å². The van der Waals surface area contributed by atoms with Gasteiger partial charge in [0.05, 0.1) is 6.10 Å². The lowest BCUT2D eigenvalue weighted by Gasteiger charge is -2.35. The number of likely N-dealkylation sites (tertiary alicyclic amines) is 1. The van der Waals surface area contributed by atoms with E-state index in [2.05, 4.69) is 62.3 Å². The topological polar surface area (TPSA) is 24.5 Å². The molecule has 2 unspecified atom stereocenters. The van der Waals surface area contributed by atoms with Crippen molar-refractivity contribution in [2.24, 2.45) is 0 Å². The molecule has 2 rings (SSSR count). The summed E-state index contributed by atoms with van der Waals surface area (Å²) in [5, 5.41) is 3.68. The molecule has 0 aromatic heterocycles. The third-order valence-electron chi connectivity index (χ3n) is 4.10. The summed E-state index contributed by atoms with van der Waals surface area (Å²) < 4.78 is 5.66. The molecular weight excluding hydrogens is 248 g/mol. The van der Waals surface area contributed by atoms with E-state index in [0.29, 0.717) is 12.1 Å². The SMILES string of the molecule is CC(C)Oc1ccc(CNC2CCN(C)C(C)C2)cc1. The van der Waals surface area contributed by atoms with Gasteiger partial charge >= 0.3 is 0 Å². The minimum absolute atomic E-state index is 0.236. The molecule has 1 heterocycles. The van der Waals surface area contributed by atoms with Crippen LogP contribution in [0.15, 0.2) is 24.3 Å². The van der Waals surface area contributed by atoms with Crippen LogP contribution in [0.1, 0.15) is 39.2 Å². The molecule has 0 bridgehead atoms. The maximum Gasteiger partial charge on any atom is 0.119 e. The van der Waals surface area contributed by atoms with Crippen LogP contribution in [-0.2, 0) is 6.54 Å². The standard InChI is InChI=1S/C17H28N2O/c1-13(2)20-17-7-5-15(6-8-17)12-18-16-9-10-19(4)14(3)11-16/h5-8,13-14,16,18H,9-12H2,1-4H3. The van der Waals surface area contributed by atoms with E-state index >= 15 is 0 Å². The van der Waals surface area contributed by atoms with Gasteiger partial charge in [0.1, 0.15) is 5.75 Å². The molecule has 1 fully saturated rings. The maximum atomic E-state index is 5.66. The van der Waals surface area contributed by atoms with Crippen molar-refractivity contribution in [3.05, 3.63) is 29.8 Å². The van der Waals surface area contributed by atoms with E-state index < -0.39 is 0 Å². The van der Waals surface area contributed by atoms with Gasteiger partial charge in [0, 0.05) is 18.6 Å². The number of nitrogens with zero attached hydrogens (tertiary/aromatic N) is 1. The first-order chi connectivity index (χ1) is 9.54. The molecule has 0 amide bonds. The van der Waals surface area contributed by atoms with Gasteiger partial charge in [0.25, 0.3) is 0 Å². The van der Waals surface area contributed by atoms with Crippen molar-refractivity contribution in [3.8, 4) is 5.75 Å². The predicted octanol–water partition coefficient (Wildman–Crippen LogP) is 3.05. The normalized spacial score (nSPS) is 24.1. The highest BCUT2D eigenvalue weighted by atomic mass is 16.5. The van der Waals surface area contributed by atoms with E-state index in [9.17, 15) is 0 Å². The highest BCUT2D eigenvalue weighted by Crippen LogP contribution is 2.17. The number of benzene rings is 1. The minimum Gasteiger partial charge on any atom is -0.491 e. The van der Waals surface area contributed by atoms with Gasteiger partial charge in [-0.3, -0.25) is 0 Å². The smallest absolute Gasteiger partial charge is 0.119 e. The van der Waals surface area contributed by atoms with Gasteiger partial charge in [-0.1, -0.05) is 12.1 Å². The molecule has 3 nitrogen and oxygen atoms in total. The summed E-state index contributed by atoms with van der Waals surface area (Å²) in [5.74, 6) is 0.955. The van der Waals surface area contributed by atoms with Crippen LogP contribution in [0.5, 0.6) is 5.75 Å². The van der Waals surface area contributed by atoms with Crippen molar-refractivity contribution in [3.63, 3.8) is 0 Å². The van der Waals surface area contributed by atoms with Gasteiger partial charge in [-0.2, -0.15) is 0 Å². The Balaban J connectivity index is 1.79. The number of nitrogens with one attached hydrogen (secondary N) is 1. The summed E-state index contributed by atoms with van der Waals surface area (Å²) in [4.78, 5) is 2.44. The van der Waals surface area contributed by atoms with Gasteiger partial charge in [-0.15, -0.1) is 0 Å². The Kier molecular flexibility index (Phi) is 5.44. The van der Waals surface area contributed by atoms with Gasteiger partial charge < -0.3 is 15.0 Å². The lowest BCUT2D eigenvalue weighted by molar-refractivity contribution is 0.168. The highest BCUT2D eigenvalue weighted by Gasteiger charge is 2.21. The molecular formula is C17H28N2O. The molecule has 1 aliphatic rings. The Morgan fingerprint density at radius 3 is 2.60 bits per heavy atom. The molecule has 0 saturated carbocycles. The van der Waals surface area contributed by atoms with Crippen LogP contribution < -0.4 is 10.1 Å². The lowest BCUT2D eigenvalue weighted by Crippen LogP contribution is -2.45. The highest BCUT2D eigenvalue weighted by molar-refractivity contribution is 5.27. The average Bonchev–Trinajstić information content (AvgIpc) is 2.41. The second-order valence-electron chi connectivity index (χ2n) is 6.24. The second-order valence-corrected chi connectivity index (χ2v) is 6.24. The molecule has 0 spiro atoms. The van der Waals surface area contributed by atoms with Crippen molar-refractivity contribution in [2.45, 2.75) is 58.3 Å². The Labute approximate surface area is 123 Å². The van der Waals surface area contributed by atoms with E-state index in [1.807, 2.05) is 0 Å². The van der Waals surface area contributed by atoms with Crippen molar-refractivity contribution < 1.29 is 4.74 Å². The third kappa shape index (κ3) is 4.50. The van der Waals surface area contributed by atoms with Gasteiger partial charge in [-0.25, -0.2) is 0 Å². The van der Waals surface area contributed by atoms with E-state index in [4.69, 9.17) is 4.74 Å². The predicted molar refractivity (Wildman–Crippen MR) is 84.2 cm³/mol. The zero-order valence-corrected chi connectivity index (χ0v) is 13.2. The summed E-state index contributed by atoms with van der Waals surface area (Å²) in [5.41, 5.74) is 1.33. The summed E-state index contributed by atoms with van der Waals surface area (Å²) in [7, 11) is 2.22. The van der Waals surface area contributed by atoms with Crippen molar-refractivity contribution in [1.82, 2.24) is 10.2 Å². The van der Waals surface area contributed by atoms with Crippen LogP contribution in [0, 0.1) is 0 Å². The third-order valence-corrected chi connectivity index (χ3v) is 4.10. The zero-order chi connectivity index (χ0) is 14.5. The average molecular weight is 276 g/mol. The molecule has 112 valence electrons. The van der Waals surface area contributed by atoms with Crippen LogP contribution in [0.3, 0.4) is 0 Å². The Morgan fingerprint density at radius 1 is 1.30 bits per heavy atom. The van der Waals surface area contributed by atoms with Crippen LogP contribution in [-0.4, -0.2) is 36.7 Å². The largest absolute Gasteiger partial charge is 0.491 e. The Morgan fingerprint density at radius 2 is 2.00 bits per heavy atom. The number of hydrogen-bond donors (Lipinski definition) is 1. The van der Waals surface area contributed by atoms with Crippen molar-refractivity contribution >= 4 is 0 Å². The van der Waals surface area contributed by atoms with Crippen molar-refractivity contribution in [1.29, 1.82) is 0 Å². The second kappa shape index (κ2) is 7.09. The van der Waals surface area contributed by atoms with E-state index in [-0.39, 0.29) is 6.10 Å². The molecule has 1 N–H and O–H groups in total. The molecule has 1 saturated heterocycles. The molecule has 0 aliphatic carbocycles. The first-order valence-corrected chi connectivity index (χ1v) is 7.74.